The highest BCUT2D eigenvalue weighted by Gasteiger charge is 2.15. The number of ether oxygens (including phenoxy) is 2. The summed E-state index contributed by atoms with van der Waals surface area (Å²) >= 11 is 0. The Morgan fingerprint density at radius 2 is 2.16 bits per heavy atom. The van der Waals surface area contributed by atoms with Crippen LogP contribution in [0, 0.1) is 0 Å². The lowest BCUT2D eigenvalue weighted by Gasteiger charge is -2.01. The molecule has 1 aliphatic heterocycles. The van der Waals surface area contributed by atoms with Crippen LogP contribution in [0.2, 0.25) is 0 Å². The van der Waals surface area contributed by atoms with Crippen LogP contribution < -0.4 is 14.9 Å². The van der Waals surface area contributed by atoms with E-state index in [0.717, 1.165) is 22.9 Å². The molecule has 2 aromatic carbocycles. The molecule has 1 aliphatic rings. The third-order valence-electron chi connectivity index (χ3n) is 4.22. The van der Waals surface area contributed by atoms with Gasteiger partial charge in [0.1, 0.15) is 0 Å². The summed E-state index contributed by atoms with van der Waals surface area (Å²) in [5.41, 5.74) is 6.29. The highest BCUT2D eigenvalue weighted by Crippen LogP contribution is 2.32. The Kier molecular flexibility index (Phi) is 3.85. The minimum Gasteiger partial charge on any atom is -0.454 e. The highest BCUT2D eigenvalue weighted by atomic mass is 16.7. The van der Waals surface area contributed by atoms with Gasteiger partial charge in [0.25, 0.3) is 5.91 Å². The maximum Gasteiger partial charge on any atom is 0.271 e. The van der Waals surface area contributed by atoms with Crippen molar-refractivity contribution in [3.8, 4) is 11.5 Å². The molecule has 0 atom stereocenters. The average molecular weight is 335 g/mol. The second-order valence-corrected chi connectivity index (χ2v) is 5.70. The van der Waals surface area contributed by atoms with Crippen molar-refractivity contribution < 1.29 is 14.3 Å². The zero-order valence-corrected chi connectivity index (χ0v) is 13.7. The molecule has 1 aromatic heterocycles. The molecule has 0 spiro atoms. The zero-order chi connectivity index (χ0) is 17.2. The number of para-hydroxylation sites is 1. The van der Waals surface area contributed by atoms with Gasteiger partial charge in [0.05, 0.1) is 6.21 Å². The normalized spacial score (nSPS) is 12.8. The fourth-order valence-corrected chi connectivity index (χ4v) is 2.90. The zero-order valence-electron chi connectivity index (χ0n) is 13.7. The first kappa shape index (κ1) is 15.3. The molecule has 0 aliphatic carbocycles. The van der Waals surface area contributed by atoms with Crippen molar-refractivity contribution in [2.45, 2.75) is 13.3 Å². The van der Waals surface area contributed by atoms with E-state index in [0.29, 0.717) is 17.1 Å². The largest absolute Gasteiger partial charge is 0.454 e. The molecule has 3 aromatic rings. The van der Waals surface area contributed by atoms with Gasteiger partial charge in [-0.25, -0.2) is 5.43 Å². The number of hydrazone groups is 1. The van der Waals surface area contributed by atoms with Gasteiger partial charge in [-0.15, -0.1) is 0 Å². The molecule has 0 unspecified atom stereocenters. The molecule has 6 nitrogen and oxygen atoms in total. The average Bonchev–Trinajstić information content (AvgIpc) is 3.27. The van der Waals surface area contributed by atoms with Crippen LogP contribution in [0.15, 0.2) is 47.7 Å². The van der Waals surface area contributed by atoms with Crippen molar-refractivity contribution in [3.05, 3.63) is 59.3 Å². The Morgan fingerprint density at radius 1 is 1.28 bits per heavy atom. The first-order valence-corrected chi connectivity index (χ1v) is 8.08. The predicted molar refractivity (Wildman–Crippen MR) is 95.3 cm³/mol. The molecular formula is C19H17N3O3. The Morgan fingerprint density at radius 3 is 3.04 bits per heavy atom. The van der Waals surface area contributed by atoms with Gasteiger partial charge < -0.3 is 14.5 Å². The van der Waals surface area contributed by atoms with E-state index in [1.165, 1.54) is 5.56 Å². The van der Waals surface area contributed by atoms with E-state index in [4.69, 9.17) is 9.47 Å². The van der Waals surface area contributed by atoms with Crippen molar-refractivity contribution in [3.63, 3.8) is 0 Å². The van der Waals surface area contributed by atoms with E-state index >= 15 is 0 Å². The Hall–Kier alpha value is -3.28. The summed E-state index contributed by atoms with van der Waals surface area (Å²) in [4.78, 5) is 15.5. The van der Waals surface area contributed by atoms with Crippen molar-refractivity contribution in [1.82, 2.24) is 10.4 Å². The SMILES string of the molecule is CCc1cccc2c(C=NNC(=O)c3ccc4c(c3)OCO4)c[nH]c12. The molecular weight excluding hydrogens is 318 g/mol. The summed E-state index contributed by atoms with van der Waals surface area (Å²) in [5, 5.41) is 5.16. The monoisotopic (exact) mass is 335 g/mol. The van der Waals surface area contributed by atoms with Gasteiger partial charge in [0.2, 0.25) is 6.79 Å². The van der Waals surface area contributed by atoms with Crippen LogP contribution in [-0.4, -0.2) is 23.9 Å². The van der Waals surface area contributed by atoms with E-state index in [2.05, 4.69) is 28.5 Å². The first-order valence-electron chi connectivity index (χ1n) is 8.08. The first-order chi connectivity index (χ1) is 12.3. The van der Waals surface area contributed by atoms with Crippen LogP contribution in [0.5, 0.6) is 11.5 Å². The predicted octanol–water partition coefficient (Wildman–Crippen LogP) is 3.22. The molecule has 0 saturated heterocycles. The number of H-pyrrole nitrogens is 1. The van der Waals surface area contributed by atoms with E-state index < -0.39 is 0 Å². The van der Waals surface area contributed by atoms with Gasteiger partial charge in [-0.05, 0) is 30.2 Å². The molecule has 6 heteroatoms. The third kappa shape index (κ3) is 2.82. The lowest BCUT2D eigenvalue weighted by molar-refractivity contribution is 0.0954. The number of hydrogen-bond donors (Lipinski definition) is 2. The summed E-state index contributed by atoms with van der Waals surface area (Å²) < 4.78 is 10.5. The second-order valence-electron chi connectivity index (χ2n) is 5.70. The van der Waals surface area contributed by atoms with E-state index in [1.807, 2.05) is 18.3 Å². The molecule has 0 radical (unpaired) electrons. The number of nitrogens with one attached hydrogen (secondary N) is 2. The number of amides is 1. The van der Waals surface area contributed by atoms with Gasteiger partial charge in [0, 0.05) is 28.2 Å². The number of rotatable bonds is 4. The molecule has 0 bridgehead atoms. The van der Waals surface area contributed by atoms with E-state index in [-0.39, 0.29) is 12.7 Å². The van der Waals surface area contributed by atoms with Crippen LogP contribution in [0.25, 0.3) is 10.9 Å². The number of hydrogen-bond acceptors (Lipinski definition) is 4. The number of carbonyl (C=O) groups is 1. The van der Waals surface area contributed by atoms with Crippen LogP contribution in [0.4, 0.5) is 0 Å². The summed E-state index contributed by atoms with van der Waals surface area (Å²) in [6, 6.07) is 11.2. The number of aryl methyl sites for hydroxylation is 1. The van der Waals surface area contributed by atoms with Gasteiger partial charge in [0.15, 0.2) is 11.5 Å². The topological polar surface area (TPSA) is 75.7 Å². The minimum absolute atomic E-state index is 0.179. The quantitative estimate of drug-likeness (QED) is 0.568. The van der Waals surface area contributed by atoms with Gasteiger partial charge in [-0.2, -0.15) is 5.10 Å². The maximum atomic E-state index is 12.2. The molecule has 0 saturated carbocycles. The summed E-state index contributed by atoms with van der Waals surface area (Å²) in [6.07, 6.45) is 4.48. The summed E-state index contributed by atoms with van der Waals surface area (Å²) in [6.45, 7) is 2.30. The van der Waals surface area contributed by atoms with E-state index in [9.17, 15) is 4.79 Å². The van der Waals surface area contributed by atoms with Crippen molar-refractivity contribution >= 4 is 23.0 Å². The Balaban J connectivity index is 1.50. The number of benzene rings is 2. The molecule has 1 amide bonds. The molecule has 2 heterocycles. The summed E-state index contributed by atoms with van der Waals surface area (Å²) in [7, 11) is 0. The minimum atomic E-state index is -0.302. The smallest absolute Gasteiger partial charge is 0.271 e. The molecule has 126 valence electrons. The molecule has 4 rings (SSSR count). The lowest BCUT2D eigenvalue weighted by Crippen LogP contribution is -2.17. The van der Waals surface area contributed by atoms with Crippen LogP contribution in [0.1, 0.15) is 28.4 Å². The van der Waals surface area contributed by atoms with Gasteiger partial charge in [-0.3, -0.25) is 4.79 Å². The van der Waals surface area contributed by atoms with Crippen molar-refractivity contribution in [2.75, 3.05) is 6.79 Å². The fourth-order valence-electron chi connectivity index (χ4n) is 2.90. The molecule has 2 N–H and O–H groups in total. The number of carbonyl (C=O) groups excluding carboxylic acids is 1. The fraction of sp³-hybridized carbons (Fsp3) is 0.158. The van der Waals surface area contributed by atoms with Crippen molar-refractivity contribution in [1.29, 1.82) is 0 Å². The second kappa shape index (κ2) is 6.32. The standard InChI is InChI=1S/C19H17N3O3/c1-2-12-4-3-5-15-14(9-20-18(12)15)10-21-22-19(23)13-6-7-16-17(8-13)25-11-24-16/h3-10,20H,2,11H2,1H3,(H,22,23). The highest BCUT2D eigenvalue weighted by molar-refractivity contribution is 6.01. The van der Waals surface area contributed by atoms with Crippen LogP contribution in [-0.2, 0) is 6.42 Å². The lowest BCUT2D eigenvalue weighted by atomic mass is 10.1. The Labute approximate surface area is 144 Å². The summed E-state index contributed by atoms with van der Waals surface area (Å²) in [5.74, 6) is 0.912. The van der Waals surface area contributed by atoms with Gasteiger partial charge in [-0.1, -0.05) is 25.1 Å². The van der Waals surface area contributed by atoms with E-state index in [1.54, 1.807) is 24.4 Å². The molecule has 0 fully saturated rings. The Bertz CT molecular complexity index is 975. The number of aromatic nitrogens is 1. The number of nitrogens with zero attached hydrogens (tertiary/aromatic N) is 1. The molecule has 25 heavy (non-hydrogen) atoms. The van der Waals surface area contributed by atoms with Crippen LogP contribution >= 0.6 is 0 Å². The van der Waals surface area contributed by atoms with Crippen LogP contribution in [0.3, 0.4) is 0 Å². The maximum absolute atomic E-state index is 12.2. The van der Waals surface area contributed by atoms with Gasteiger partial charge >= 0.3 is 0 Å². The third-order valence-corrected chi connectivity index (χ3v) is 4.22. The number of aromatic amines is 1. The van der Waals surface area contributed by atoms with Crippen molar-refractivity contribution in [2.24, 2.45) is 5.10 Å². The number of fused-ring (bicyclic) bond motifs is 2.